The predicted molar refractivity (Wildman–Crippen MR) is 217 cm³/mol. The number of aliphatic hydroxyl groups is 1. The number of esters is 1. The van der Waals surface area contributed by atoms with Crippen LogP contribution in [0.5, 0.6) is 5.75 Å². The number of fused-ring (bicyclic) bond motifs is 4. The second-order valence-corrected chi connectivity index (χ2v) is 16.0. The van der Waals surface area contributed by atoms with Crippen LogP contribution in [0.1, 0.15) is 104 Å². The SMILES string of the molecule is CCCCCC1(CCCCC)O[C@@H]2[C@H]3ON(Cc4ccccc4C=CCc4ccccc4O)[C@H]4C(=O)OC(CC34C(=O)NCc3cccc(C(=O)NCCO)c3)[C@@H]2O1. The molecule has 2 unspecified atom stereocenters. The average molecular weight is 796 g/mol. The van der Waals surface area contributed by atoms with Crippen LogP contribution in [0.3, 0.4) is 0 Å². The number of ether oxygens (including phenoxy) is 3. The lowest BCUT2D eigenvalue weighted by Gasteiger charge is -2.48. The number of allylic oxidation sites excluding steroid dienone is 1. The van der Waals surface area contributed by atoms with Gasteiger partial charge in [-0.2, -0.15) is 5.06 Å². The van der Waals surface area contributed by atoms with Crippen LogP contribution in [0.2, 0.25) is 0 Å². The number of phenolic OH excluding ortho intramolecular Hbond substituents is 1. The largest absolute Gasteiger partial charge is 0.508 e. The highest BCUT2D eigenvalue weighted by molar-refractivity contribution is 5.95. The molecule has 3 aromatic carbocycles. The zero-order valence-corrected chi connectivity index (χ0v) is 33.6. The van der Waals surface area contributed by atoms with Crippen LogP contribution in [-0.4, -0.2) is 82.5 Å². The van der Waals surface area contributed by atoms with E-state index in [1.807, 2.05) is 54.6 Å². The molecule has 3 aromatic rings. The van der Waals surface area contributed by atoms with Gasteiger partial charge in [-0.15, -0.1) is 0 Å². The van der Waals surface area contributed by atoms with Crippen molar-refractivity contribution in [3.63, 3.8) is 0 Å². The number of rotatable bonds is 19. The quantitative estimate of drug-likeness (QED) is 0.0823. The molecule has 310 valence electrons. The zero-order chi connectivity index (χ0) is 40.7. The molecule has 3 saturated heterocycles. The number of nitrogens with zero attached hydrogens (tertiary/aromatic N) is 1. The average Bonchev–Trinajstić information content (AvgIpc) is 3.79. The third-order valence-electron chi connectivity index (χ3n) is 12.0. The summed E-state index contributed by atoms with van der Waals surface area (Å²) in [6.07, 6.45) is 9.28. The smallest absolute Gasteiger partial charge is 0.327 e. The van der Waals surface area contributed by atoms with Crippen molar-refractivity contribution in [2.45, 2.75) is 127 Å². The van der Waals surface area contributed by atoms with E-state index < -0.39 is 47.6 Å². The van der Waals surface area contributed by atoms with Gasteiger partial charge in [0.15, 0.2) is 11.8 Å². The number of aromatic hydroxyl groups is 1. The normalized spacial score (nSPS) is 25.7. The molecule has 4 fully saturated rings. The Kier molecular flexibility index (Phi) is 13.3. The molecule has 2 bridgehead atoms. The van der Waals surface area contributed by atoms with Gasteiger partial charge in [-0.1, -0.05) is 106 Å². The number of benzene rings is 3. The number of hydroxylamine groups is 2. The molecular weight excluding hydrogens is 739 g/mol. The first-order valence-electron chi connectivity index (χ1n) is 21.0. The number of phenols is 1. The highest BCUT2D eigenvalue weighted by Crippen LogP contribution is 2.58. The first-order chi connectivity index (χ1) is 28.2. The van der Waals surface area contributed by atoms with Gasteiger partial charge in [0.1, 0.15) is 35.6 Å². The van der Waals surface area contributed by atoms with Gasteiger partial charge in [0.2, 0.25) is 5.91 Å². The summed E-state index contributed by atoms with van der Waals surface area (Å²) in [7, 11) is 0. The Morgan fingerprint density at radius 3 is 2.36 bits per heavy atom. The second kappa shape index (κ2) is 18.6. The third kappa shape index (κ3) is 8.58. The van der Waals surface area contributed by atoms with Gasteiger partial charge in [-0.3, -0.25) is 19.2 Å². The summed E-state index contributed by atoms with van der Waals surface area (Å²) >= 11 is 0. The van der Waals surface area contributed by atoms with E-state index in [-0.39, 0.29) is 50.2 Å². The van der Waals surface area contributed by atoms with E-state index in [0.29, 0.717) is 30.4 Å². The third-order valence-corrected chi connectivity index (χ3v) is 12.0. The molecule has 3 heterocycles. The molecule has 6 atom stereocenters. The molecule has 3 aliphatic heterocycles. The number of unbranched alkanes of at least 4 members (excludes halogenated alkanes) is 4. The number of nitrogens with one attached hydrogen (secondary N) is 2. The Balaban J connectivity index is 1.20. The monoisotopic (exact) mass is 795 g/mol. The van der Waals surface area contributed by atoms with Crippen molar-refractivity contribution in [3.05, 3.63) is 107 Å². The Morgan fingerprint density at radius 2 is 1.62 bits per heavy atom. The summed E-state index contributed by atoms with van der Waals surface area (Å²) in [6.45, 7) is 4.58. The number of amides is 2. The zero-order valence-electron chi connectivity index (χ0n) is 33.6. The minimum absolute atomic E-state index is 0.106. The van der Waals surface area contributed by atoms with Crippen LogP contribution < -0.4 is 10.6 Å². The standard InChI is InChI=1S/C46H57N3O9/c1-3-5-11-23-45(24-12-6-4-2)56-38-37-28-46(44(54)48-29-31-15-13-21-34(27-31)42(52)47-25-26-50)40(43(53)55-37)49(58-41(46)39(38)57-45)30-35-18-8-7-16-32(35)19-14-20-33-17-9-10-22-36(33)51/h7-10,13-19,21-22,27,37-41,50-51H,3-6,11-12,20,23-26,28-30H2,1-2H3,(H,47,52)(H,48,54)/t37?,38-,39-,40-,41+,46?/m0/s1. The molecule has 1 aliphatic carbocycles. The van der Waals surface area contributed by atoms with Crippen molar-refractivity contribution in [2.75, 3.05) is 13.2 Å². The van der Waals surface area contributed by atoms with Crippen LogP contribution >= 0.6 is 0 Å². The summed E-state index contributed by atoms with van der Waals surface area (Å²) in [5, 5.41) is 26.9. The molecule has 4 N–H and O–H groups in total. The molecule has 0 aromatic heterocycles. The second-order valence-electron chi connectivity index (χ2n) is 16.0. The maximum atomic E-state index is 15.0. The molecular formula is C46H57N3O9. The van der Waals surface area contributed by atoms with Crippen molar-refractivity contribution in [3.8, 4) is 5.75 Å². The van der Waals surface area contributed by atoms with Gasteiger partial charge < -0.3 is 35.1 Å². The molecule has 1 saturated carbocycles. The van der Waals surface area contributed by atoms with Crippen molar-refractivity contribution in [1.82, 2.24) is 15.7 Å². The molecule has 0 radical (unpaired) electrons. The summed E-state index contributed by atoms with van der Waals surface area (Å²) < 4.78 is 20.2. The number of carbonyl (C=O) groups is 3. The van der Waals surface area contributed by atoms with Crippen LogP contribution in [0, 0.1) is 5.41 Å². The minimum atomic E-state index is -1.36. The van der Waals surface area contributed by atoms with Gasteiger partial charge >= 0.3 is 5.97 Å². The first kappa shape index (κ1) is 41.6. The van der Waals surface area contributed by atoms with Gasteiger partial charge in [0, 0.05) is 37.9 Å². The van der Waals surface area contributed by atoms with E-state index in [4.69, 9.17) is 24.2 Å². The highest BCUT2D eigenvalue weighted by atomic mass is 16.8. The first-order valence-corrected chi connectivity index (χ1v) is 21.0. The Morgan fingerprint density at radius 1 is 0.897 bits per heavy atom. The summed E-state index contributed by atoms with van der Waals surface area (Å²) in [6, 6.07) is 21.0. The van der Waals surface area contributed by atoms with Gasteiger partial charge in [0.25, 0.3) is 5.91 Å². The van der Waals surface area contributed by atoms with Gasteiger partial charge in [0.05, 0.1) is 13.2 Å². The van der Waals surface area contributed by atoms with E-state index in [9.17, 15) is 19.5 Å². The molecule has 12 nitrogen and oxygen atoms in total. The predicted octanol–water partition coefficient (Wildman–Crippen LogP) is 6.13. The van der Waals surface area contributed by atoms with Crippen LogP contribution in [0.15, 0.2) is 78.9 Å². The van der Waals surface area contributed by atoms with E-state index in [0.717, 1.165) is 55.2 Å². The van der Waals surface area contributed by atoms with E-state index in [2.05, 4.69) is 24.5 Å². The maximum absolute atomic E-state index is 15.0. The summed E-state index contributed by atoms with van der Waals surface area (Å²) in [4.78, 5) is 48.8. The van der Waals surface area contributed by atoms with Crippen molar-refractivity contribution in [2.24, 2.45) is 5.41 Å². The highest BCUT2D eigenvalue weighted by Gasteiger charge is 2.76. The number of hydrogen-bond acceptors (Lipinski definition) is 10. The fourth-order valence-electron chi connectivity index (χ4n) is 9.14. The minimum Gasteiger partial charge on any atom is -0.508 e. The van der Waals surface area contributed by atoms with Gasteiger partial charge in [-0.05, 0) is 59.7 Å². The lowest BCUT2D eigenvalue weighted by Crippen LogP contribution is -2.69. The van der Waals surface area contributed by atoms with Crippen LogP contribution in [-0.2, 0) is 48.1 Å². The number of para-hydroxylation sites is 1. The lowest BCUT2D eigenvalue weighted by atomic mass is 9.62. The van der Waals surface area contributed by atoms with Gasteiger partial charge in [-0.25, -0.2) is 0 Å². The maximum Gasteiger partial charge on any atom is 0.327 e. The summed E-state index contributed by atoms with van der Waals surface area (Å²) in [5.74, 6) is -1.87. The number of carbonyl (C=O) groups excluding carboxylic acids is 3. The fraction of sp³-hybridized carbons (Fsp3) is 0.500. The van der Waals surface area contributed by atoms with Crippen molar-refractivity contribution in [1.29, 1.82) is 0 Å². The van der Waals surface area contributed by atoms with E-state index in [1.165, 1.54) is 0 Å². The Hall–Kier alpha value is -4.59. The number of aliphatic hydroxyl groups excluding tert-OH is 1. The topological polar surface area (TPSA) is 156 Å². The summed E-state index contributed by atoms with van der Waals surface area (Å²) in [5.41, 5.74) is 2.34. The van der Waals surface area contributed by atoms with Crippen molar-refractivity contribution < 1.29 is 43.6 Å². The van der Waals surface area contributed by atoms with Crippen LogP contribution in [0.4, 0.5) is 0 Å². The number of hydrogen-bond donors (Lipinski definition) is 4. The molecule has 7 rings (SSSR count). The van der Waals surface area contributed by atoms with Crippen molar-refractivity contribution >= 4 is 23.9 Å². The Labute approximate surface area is 340 Å². The van der Waals surface area contributed by atoms with E-state index in [1.54, 1.807) is 35.4 Å². The van der Waals surface area contributed by atoms with E-state index >= 15 is 0 Å². The molecule has 2 amide bonds. The van der Waals surface area contributed by atoms with Crippen LogP contribution in [0.25, 0.3) is 6.08 Å². The molecule has 58 heavy (non-hydrogen) atoms. The molecule has 4 aliphatic rings. The fourth-order valence-corrected chi connectivity index (χ4v) is 9.14. The lowest BCUT2D eigenvalue weighted by molar-refractivity contribution is -0.224. The Bertz CT molecular complexity index is 1940. The molecule has 0 spiro atoms. The molecule has 12 heteroatoms.